The Bertz CT molecular complexity index is 871. The van der Waals surface area contributed by atoms with E-state index in [1.54, 1.807) is 11.9 Å². The second kappa shape index (κ2) is 6.84. The molecule has 8 nitrogen and oxygen atoms in total. The van der Waals surface area contributed by atoms with Gasteiger partial charge in [0.1, 0.15) is 18.0 Å². The van der Waals surface area contributed by atoms with Gasteiger partial charge in [-0.2, -0.15) is 0 Å². The number of nitrogens with zero attached hydrogens (tertiary/aromatic N) is 4. The first-order valence-electron chi connectivity index (χ1n) is 9.30. The van der Waals surface area contributed by atoms with Crippen LogP contribution in [0.3, 0.4) is 0 Å². The van der Waals surface area contributed by atoms with Crippen molar-refractivity contribution in [2.75, 3.05) is 33.2 Å². The highest BCUT2D eigenvalue weighted by molar-refractivity contribution is 5.83. The van der Waals surface area contributed by atoms with E-state index in [0.29, 0.717) is 13.1 Å². The summed E-state index contributed by atoms with van der Waals surface area (Å²) in [6.07, 6.45) is 1.19. The van der Waals surface area contributed by atoms with Crippen LogP contribution >= 0.6 is 0 Å². The van der Waals surface area contributed by atoms with Crippen molar-refractivity contribution in [2.24, 2.45) is 7.05 Å². The summed E-state index contributed by atoms with van der Waals surface area (Å²) in [5.74, 6) is 0.691. The Hall–Kier alpha value is -2.61. The molecule has 0 aliphatic carbocycles. The van der Waals surface area contributed by atoms with E-state index in [1.165, 1.54) is 4.90 Å². The number of aromatic nitrogens is 2. The van der Waals surface area contributed by atoms with Gasteiger partial charge < -0.3 is 19.5 Å². The lowest BCUT2D eigenvalue weighted by Crippen LogP contribution is -2.46. The van der Waals surface area contributed by atoms with E-state index in [9.17, 15) is 9.59 Å². The first-order valence-corrected chi connectivity index (χ1v) is 9.30. The van der Waals surface area contributed by atoms with Gasteiger partial charge in [0.05, 0.1) is 24.1 Å². The standard InChI is InChI=1S/C19H25N5O3/c1-22(11-16-21-14-5-3-4-6-15(14)23(16)2)17(25)12-24-13-19(27-18(24)26)7-9-20-10-8-19/h3-6,20H,7-13H2,1-2H3. The third-order valence-corrected chi connectivity index (χ3v) is 5.57. The number of ether oxygens (including phenoxy) is 1. The lowest BCUT2D eigenvalue weighted by Gasteiger charge is -2.31. The molecule has 4 rings (SSSR count). The normalized spacial score (nSPS) is 18.9. The highest BCUT2D eigenvalue weighted by Crippen LogP contribution is 2.31. The second-order valence-electron chi connectivity index (χ2n) is 7.48. The van der Waals surface area contributed by atoms with Crippen molar-refractivity contribution < 1.29 is 14.3 Å². The van der Waals surface area contributed by atoms with Gasteiger partial charge in [0.25, 0.3) is 0 Å². The van der Waals surface area contributed by atoms with Crippen LogP contribution in [0.4, 0.5) is 4.79 Å². The smallest absolute Gasteiger partial charge is 0.410 e. The van der Waals surface area contributed by atoms with Crippen LogP contribution in [0, 0.1) is 0 Å². The van der Waals surface area contributed by atoms with Gasteiger partial charge in [-0.3, -0.25) is 9.69 Å². The Balaban J connectivity index is 1.40. The summed E-state index contributed by atoms with van der Waals surface area (Å²) < 4.78 is 7.61. The molecule has 2 saturated heterocycles. The van der Waals surface area contributed by atoms with Crippen LogP contribution in [0.2, 0.25) is 0 Å². The number of imidazole rings is 1. The number of aryl methyl sites for hydroxylation is 1. The van der Waals surface area contributed by atoms with Crippen molar-refractivity contribution in [1.29, 1.82) is 0 Å². The van der Waals surface area contributed by atoms with E-state index in [0.717, 1.165) is 42.8 Å². The maximum atomic E-state index is 12.7. The number of carbonyl (C=O) groups excluding carboxylic acids is 2. The van der Waals surface area contributed by atoms with Gasteiger partial charge in [0, 0.05) is 26.9 Å². The number of fused-ring (bicyclic) bond motifs is 1. The number of amides is 2. The van der Waals surface area contributed by atoms with Crippen molar-refractivity contribution in [1.82, 2.24) is 24.7 Å². The predicted molar refractivity (Wildman–Crippen MR) is 100 cm³/mol. The highest BCUT2D eigenvalue weighted by Gasteiger charge is 2.46. The Morgan fingerprint density at radius 3 is 2.81 bits per heavy atom. The molecule has 0 unspecified atom stereocenters. The Kier molecular flexibility index (Phi) is 4.51. The van der Waals surface area contributed by atoms with Crippen LogP contribution < -0.4 is 5.32 Å². The van der Waals surface area contributed by atoms with E-state index in [-0.39, 0.29) is 18.5 Å². The number of hydrogen-bond donors (Lipinski definition) is 1. The molecule has 3 heterocycles. The van der Waals surface area contributed by atoms with E-state index >= 15 is 0 Å². The third kappa shape index (κ3) is 3.37. The molecule has 8 heteroatoms. The molecule has 2 fully saturated rings. The van der Waals surface area contributed by atoms with Crippen molar-refractivity contribution in [2.45, 2.75) is 25.0 Å². The van der Waals surface area contributed by atoms with Crippen molar-refractivity contribution in [3.8, 4) is 0 Å². The molecule has 2 amide bonds. The highest BCUT2D eigenvalue weighted by atomic mass is 16.6. The molecule has 1 N–H and O–H groups in total. The SMILES string of the molecule is CN(Cc1nc2ccccc2n1C)C(=O)CN1CC2(CCNCC2)OC1=O. The number of likely N-dealkylation sites (N-methyl/N-ethyl adjacent to an activating group) is 1. The Labute approximate surface area is 158 Å². The molecule has 1 aromatic carbocycles. The van der Waals surface area contributed by atoms with Crippen LogP contribution in [-0.4, -0.2) is 70.2 Å². The van der Waals surface area contributed by atoms with Crippen LogP contribution in [-0.2, 0) is 23.1 Å². The number of rotatable bonds is 4. The molecule has 1 spiro atoms. The van der Waals surface area contributed by atoms with Gasteiger partial charge >= 0.3 is 6.09 Å². The minimum atomic E-state index is -0.432. The van der Waals surface area contributed by atoms with Crippen molar-refractivity contribution >= 4 is 23.0 Å². The maximum absolute atomic E-state index is 12.7. The third-order valence-electron chi connectivity index (χ3n) is 5.57. The number of piperidine rings is 1. The molecule has 1 aromatic heterocycles. The summed E-state index contributed by atoms with van der Waals surface area (Å²) >= 11 is 0. The topological polar surface area (TPSA) is 79.7 Å². The second-order valence-corrected chi connectivity index (χ2v) is 7.48. The summed E-state index contributed by atoms with van der Waals surface area (Å²) in [5, 5.41) is 3.27. The molecular formula is C19H25N5O3. The fraction of sp³-hybridized carbons (Fsp3) is 0.526. The summed E-state index contributed by atoms with van der Waals surface area (Å²) in [5.41, 5.74) is 1.51. The average Bonchev–Trinajstić information content (AvgIpc) is 3.13. The number of benzene rings is 1. The molecule has 144 valence electrons. The van der Waals surface area contributed by atoms with Gasteiger partial charge in [-0.25, -0.2) is 9.78 Å². The number of hydrogen-bond acceptors (Lipinski definition) is 5. The lowest BCUT2D eigenvalue weighted by atomic mass is 9.92. The molecule has 0 radical (unpaired) electrons. The zero-order chi connectivity index (χ0) is 19.0. The summed E-state index contributed by atoms with van der Waals surface area (Å²) in [7, 11) is 3.69. The number of nitrogens with one attached hydrogen (secondary N) is 1. The van der Waals surface area contributed by atoms with E-state index < -0.39 is 5.60 Å². The Morgan fingerprint density at radius 1 is 1.33 bits per heavy atom. The molecule has 2 aromatic rings. The van der Waals surface area contributed by atoms with E-state index in [1.807, 2.05) is 35.9 Å². The summed E-state index contributed by atoms with van der Waals surface area (Å²) in [4.78, 5) is 32.7. The first-order chi connectivity index (χ1) is 13.0. The van der Waals surface area contributed by atoms with Crippen molar-refractivity contribution in [3.05, 3.63) is 30.1 Å². The number of para-hydroxylation sites is 2. The van der Waals surface area contributed by atoms with Crippen LogP contribution in [0.1, 0.15) is 18.7 Å². The van der Waals surface area contributed by atoms with Gasteiger partial charge in [0.15, 0.2) is 0 Å². The monoisotopic (exact) mass is 371 g/mol. The quantitative estimate of drug-likeness (QED) is 0.871. The fourth-order valence-corrected chi connectivity index (χ4v) is 3.88. The molecule has 0 bridgehead atoms. The van der Waals surface area contributed by atoms with Crippen LogP contribution in [0.5, 0.6) is 0 Å². The zero-order valence-electron chi connectivity index (χ0n) is 15.8. The molecular weight excluding hydrogens is 346 g/mol. The van der Waals surface area contributed by atoms with E-state index in [4.69, 9.17) is 4.74 Å². The average molecular weight is 371 g/mol. The summed E-state index contributed by atoms with van der Waals surface area (Å²) in [6, 6.07) is 7.88. The van der Waals surface area contributed by atoms with Crippen LogP contribution in [0.25, 0.3) is 11.0 Å². The largest absolute Gasteiger partial charge is 0.441 e. The van der Waals surface area contributed by atoms with Gasteiger partial charge in [-0.05, 0) is 25.2 Å². The van der Waals surface area contributed by atoms with Gasteiger partial charge in [-0.1, -0.05) is 12.1 Å². The molecule has 27 heavy (non-hydrogen) atoms. The molecule has 2 aliphatic rings. The first kappa shape index (κ1) is 17.8. The van der Waals surface area contributed by atoms with Gasteiger partial charge in [-0.15, -0.1) is 0 Å². The van der Waals surface area contributed by atoms with Crippen molar-refractivity contribution in [3.63, 3.8) is 0 Å². The molecule has 2 aliphatic heterocycles. The van der Waals surface area contributed by atoms with Crippen LogP contribution in [0.15, 0.2) is 24.3 Å². The molecule has 0 atom stereocenters. The molecule has 0 saturated carbocycles. The maximum Gasteiger partial charge on any atom is 0.410 e. The van der Waals surface area contributed by atoms with E-state index in [2.05, 4.69) is 10.3 Å². The Morgan fingerprint density at radius 2 is 2.07 bits per heavy atom. The minimum absolute atomic E-state index is 0.0362. The lowest BCUT2D eigenvalue weighted by molar-refractivity contribution is -0.131. The predicted octanol–water partition coefficient (Wildman–Crippen LogP) is 1.11. The number of carbonyl (C=O) groups is 2. The fourth-order valence-electron chi connectivity index (χ4n) is 3.88. The van der Waals surface area contributed by atoms with Gasteiger partial charge in [0.2, 0.25) is 5.91 Å². The summed E-state index contributed by atoms with van der Waals surface area (Å²) in [6.45, 7) is 2.58. The minimum Gasteiger partial charge on any atom is -0.441 e. The zero-order valence-corrected chi connectivity index (χ0v) is 15.8.